The fraction of sp³-hybridized carbons (Fsp3) is 0.714. The van der Waals surface area contributed by atoms with Gasteiger partial charge in [-0.05, 0) is 174 Å². The Balaban J connectivity index is -0.000000197. The fourth-order valence-corrected chi connectivity index (χ4v) is 9.83. The van der Waals surface area contributed by atoms with Crippen molar-refractivity contribution in [2.24, 2.45) is 16.6 Å². The van der Waals surface area contributed by atoms with Crippen molar-refractivity contribution in [1.29, 1.82) is 0 Å². The number of hydrogen-bond acceptors (Lipinski definition) is 22. The van der Waals surface area contributed by atoms with Crippen molar-refractivity contribution in [3.8, 4) is 0 Å². The Morgan fingerprint density at radius 1 is 0.511 bits per heavy atom. The Bertz CT molecular complexity index is 2390. The molecule has 0 bridgehead atoms. The number of anilines is 1. The van der Waals surface area contributed by atoms with Gasteiger partial charge in [0, 0.05) is 41.6 Å². The van der Waals surface area contributed by atoms with Gasteiger partial charge in [0.1, 0.15) is 11.1 Å². The molecule has 6 rings (SSSR count). The first-order valence-electron chi connectivity index (χ1n) is 30.5. The number of esters is 5. The molecular weight excluding hydrogens is 1300 g/mol. The third-order valence-electron chi connectivity index (χ3n) is 14.7. The summed E-state index contributed by atoms with van der Waals surface area (Å²) in [5, 5.41) is 40.3. The van der Waals surface area contributed by atoms with Gasteiger partial charge in [-0.2, -0.15) is 0 Å². The molecule has 94 heavy (non-hydrogen) atoms. The van der Waals surface area contributed by atoms with E-state index in [2.05, 4.69) is 55.2 Å². The van der Waals surface area contributed by atoms with Crippen LogP contribution in [0.25, 0.3) is 6.08 Å². The largest absolute Gasteiger partial charge is 1.00 e. The van der Waals surface area contributed by atoms with Crippen LogP contribution in [-0.4, -0.2) is 184 Å². The van der Waals surface area contributed by atoms with Crippen LogP contribution >= 0.6 is 0 Å². The number of ether oxygens (including phenoxy) is 7. The molecule has 0 unspecified atom stereocenters. The van der Waals surface area contributed by atoms with Gasteiger partial charge in [-0.3, -0.25) is 24.0 Å². The average Bonchev–Trinajstić information content (AvgIpc) is 0.809. The predicted octanol–water partition coefficient (Wildman–Crippen LogP) is 3.30. The van der Waals surface area contributed by atoms with E-state index in [1.165, 1.54) is 6.08 Å². The Morgan fingerprint density at radius 3 is 1.12 bits per heavy atom. The molecule has 27 nitrogen and oxygen atoms in total. The molecule has 31 heteroatoms. The van der Waals surface area contributed by atoms with E-state index in [0.717, 1.165) is 69.7 Å². The van der Waals surface area contributed by atoms with Crippen molar-refractivity contribution < 1.29 is 193 Å². The molecule has 1 aromatic rings. The van der Waals surface area contributed by atoms with Crippen LogP contribution in [0, 0.1) is 10.8 Å². The molecule has 0 atom stereocenters. The molecular formula is C63H114KN4NaO23Si2. The second-order valence-corrected chi connectivity index (χ2v) is 35.1. The number of amides is 3. The zero-order chi connectivity index (χ0) is 67.4. The van der Waals surface area contributed by atoms with Crippen LogP contribution in [-0.2, 0) is 71.5 Å². The molecule has 0 radical (unpaired) electrons. The molecule has 0 aromatic heterocycles. The zero-order valence-corrected chi connectivity index (χ0v) is 64.5. The van der Waals surface area contributed by atoms with Crippen LogP contribution in [0.15, 0.2) is 30.3 Å². The Kier molecular flexibility index (Phi) is 57.6. The summed E-state index contributed by atoms with van der Waals surface area (Å²) >= 11 is 0. The molecule has 5 aliphatic rings. The van der Waals surface area contributed by atoms with Crippen LogP contribution in [0.5, 0.6) is 0 Å². The molecule has 0 aliphatic heterocycles. The number of nitrogens with one attached hydrogen (secondary N) is 3. The molecule has 5 saturated carbocycles. The SMILES string of the molecule is C.C.CCO.CCOC(=O)C1(C(=O)O)CCC1.CCOC(=O)C1(C(=O)OCC)CCC1.CCOC(=O)C1(NC(=O)OCC[Si](C)(C)C)CCC1.CCOC(=O)C=Cc1ccc(NC(=O)C2(N)CCC2)cc1.CO.C[Si](C)(C)CCOC(=O)NC1(C(=O)O)CCC1.[K+].[Na+].[OH-].[OH-]. The monoisotopic (exact) mass is 1410 g/mol. The smallest absolute Gasteiger partial charge is 0.870 e. The fourth-order valence-electron chi connectivity index (χ4n) is 8.40. The van der Waals surface area contributed by atoms with Crippen molar-refractivity contribution in [3.63, 3.8) is 0 Å². The van der Waals surface area contributed by atoms with Crippen LogP contribution in [0.3, 0.4) is 0 Å². The first kappa shape index (κ1) is 104. The Hall–Kier alpha value is -3.87. The number of benzene rings is 1. The number of hydrogen-bond donors (Lipinski definition) is 8. The summed E-state index contributed by atoms with van der Waals surface area (Å²) < 4.78 is 34.4. The second kappa shape index (κ2) is 52.2. The number of rotatable bonds is 23. The van der Waals surface area contributed by atoms with E-state index < -0.39 is 85.6 Å². The van der Waals surface area contributed by atoms with Gasteiger partial charge < -0.3 is 86.2 Å². The van der Waals surface area contributed by atoms with Gasteiger partial charge in [0.15, 0.2) is 10.8 Å². The van der Waals surface area contributed by atoms with Crippen LogP contribution in [0.1, 0.15) is 158 Å². The number of carboxylic acid groups (broad SMARTS) is 2. The van der Waals surface area contributed by atoms with Gasteiger partial charge in [-0.15, -0.1) is 0 Å². The normalized spacial score (nSPS) is 15.8. The number of alkyl carbamates (subject to hydrolysis) is 2. The minimum atomic E-state index is -1.22. The van der Waals surface area contributed by atoms with E-state index in [1.807, 2.05) is 12.1 Å². The van der Waals surface area contributed by atoms with E-state index in [9.17, 15) is 47.9 Å². The van der Waals surface area contributed by atoms with Crippen molar-refractivity contribution in [1.82, 2.24) is 10.6 Å². The molecule has 3 amide bonds. The number of aliphatic hydroxyl groups excluding tert-OH is 2. The summed E-state index contributed by atoms with van der Waals surface area (Å²) in [4.78, 5) is 114. The van der Waals surface area contributed by atoms with Gasteiger partial charge >= 0.3 is 135 Å². The maximum absolute atomic E-state index is 12.0. The number of carboxylic acids is 2. The summed E-state index contributed by atoms with van der Waals surface area (Å²) in [6.45, 7) is 26.2. The summed E-state index contributed by atoms with van der Waals surface area (Å²) in [6, 6.07) is 9.01. The number of aliphatic carboxylic acids is 2. The minimum Gasteiger partial charge on any atom is -0.870 e. The molecule has 0 spiro atoms. The van der Waals surface area contributed by atoms with E-state index in [4.69, 9.17) is 59.3 Å². The zero-order valence-electron chi connectivity index (χ0n) is 57.3. The Morgan fingerprint density at radius 2 is 0.840 bits per heavy atom. The van der Waals surface area contributed by atoms with E-state index in [-0.39, 0.29) is 138 Å². The summed E-state index contributed by atoms with van der Waals surface area (Å²) in [7, 11) is -1.43. The molecule has 534 valence electrons. The number of nitrogens with two attached hydrogens (primary N) is 1. The summed E-state index contributed by atoms with van der Waals surface area (Å²) in [5.41, 5.74) is 2.70. The molecule has 5 aliphatic carbocycles. The van der Waals surface area contributed by atoms with Gasteiger partial charge in [0.05, 0.1) is 51.8 Å². The van der Waals surface area contributed by atoms with Crippen LogP contribution in [0.4, 0.5) is 15.3 Å². The predicted molar refractivity (Wildman–Crippen MR) is 353 cm³/mol. The molecule has 11 N–H and O–H groups in total. The van der Waals surface area contributed by atoms with Crippen molar-refractivity contribution >= 4 is 87.8 Å². The maximum atomic E-state index is 12.0. The quantitative estimate of drug-likeness (QED) is 0.0256. The van der Waals surface area contributed by atoms with Crippen LogP contribution in [0.2, 0.25) is 51.4 Å². The van der Waals surface area contributed by atoms with Crippen molar-refractivity contribution in [2.45, 2.75) is 221 Å². The van der Waals surface area contributed by atoms with Crippen LogP contribution < -0.4 is 103 Å². The standard InChI is InChI=1S/C16H20N2O3.C13H25NO4Si.C11H21NO4Si.C10H16O4.C8H12O4.C2H6O.CH4O.2CH4.K.Na.2H2O/c1-2-21-14(19)9-6-12-4-7-13(8-5-12)18-15(20)16(17)10-3-11-16;1-5-17-11(15)13(7-6-8-13)14-12(16)18-9-10-19(2,3)4;1-17(2,3)8-7-16-10(15)12-11(9(13)14)5-4-6-11;1-3-13-8(11)10(6-5-7-10)9(12)14-4-2;1-2-12-7(11)8(6(9)10)4-3-5-8;1-2-3;1-2;;;;;;/h4-9H,2-3,10-11,17H2,1H3,(H,18,20);5-10H2,1-4H3,(H,14,16);4-8H2,1-3H3,(H,12,15)(H,13,14);3-7H2,1-2H3;2-5H2,1H3,(H,9,10);3H,2H2,1H3;2H,1H3;2*1H4;;;2*1H2/q;;;;;;;;;2*+1;;/p-2. The third kappa shape index (κ3) is 36.1. The molecule has 5 fully saturated rings. The van der Waals surface area contributed by atoms with Gasteiger partial charge in [0.25, 0.3) is 0 Å². The molecule has 0 saturated heterocycles. The Labute approximate surface area is 624 Å². The average molecular weight is 1410 g/mol. The maximum Gasteiger partial charge on any atom is 1.00 e. The van der Waals surface area contributed by atoms with E-state index in [1.54, 1.807) is 59.8 Å². The van der Waals surface area contributed by atoms with Gasteiger partial charge in [0.2, 0.25) is 5.91 Å². The van der Waals surface area contributed by atoms with Crippen molar-refractivity contribution in [2.75, 3.05) is 65.3 Å². The number of carbonyl (C=O) groups excluding carboxylic acids is 8. The second-order valence-electron chi connectivity index (χ2n) is 23.9. The van der Waals surface area contributed by atoms with Gasteiger partial charge in [-0.25, -0.2) is 24.0 Å². The minimum absolute atomic E-state index is 0. The summed E-state index contributed by atoms with van der Waals surface area (Å²) in [6.07, 6.45) is 12.0. The van der Waals surface area contributed by atoms with E-state index >= 15 is 0 Å². The topological polar surface area (TPSA) is 438 Å². The molecule has 0 heterocycles. The van der Waals surface area contributed by atoms with E-state index in [0.29, 0.717) is 96.7 Å². The first-order valence-corrected chi connectivity index (χ1v) is 37.9. The number of carbonyl (C=O) groups is 10. The molecule has 1 aromatic carbocycles. The number of aliphatic hydroxyl groups is 2. The van der Waals surface area contributed by atoms with Gasteiger partial charge in [-0.1, -0.05) is 66.3 Å². The summed E-state index contributed by atoms with van der Waals surface area (Å²) in [5.74, 6) is -4.30. The third-order valence-corrected chi connectivity index (χ3v) is 18.1. The van der Waals surface area contributed by atoms with Crippen molar-refractivity contribution in [3.05, 3.63) is 35.9 Å². The first-order chi connectivity index (χ1) is 41.3.